The van der Waals surface area contributed by atoms with Crippen LogP contribution in [0, 0.1) is 5.92 Å². The Bertz CT molecular complexity index is 439. The molecule has 1 saturated heterocycles. The van der Waals surface area contributed by atoms with E-state index >= 15 is 0 Å². The Labute approximate surface area is 129 Å². The summed E-state index contributed by atoms with van der Waals surface area (Å²) in [7, 11) is 1.78. The highest BCUT2D eigenvalue weighted by Crippen LogP contribution is 2.32. The second kappa shape index (κ2) is 7.69. The highest BCUT2D eigenvalue weighted by molar-refractivity contribution is 5.60. The van der Waals surface area contributed by atoms with Crippen molar-refractivity contribution in [1.82, 2.24) is 5.32 Å². The van der Waals surface area contributed by atoms with Gasteiger partial charge in [-0.15, -0.1) is 0 Å². The summed E-state index contributed by atoms with van der Waals surface area (Å²) in [5, 5.41) is 3.54. The Balaban J connectivity index is 2.05. The van der Waals surface area contributed by atoms with Gasteiger partial charge in [-0.25, -0.2) is 0 Å². The second-order valence-electron chi connectivity index (χ2n) is 6.37. The molecule has 0 aromatic heterocycles. The molecule has 0 amide bonds. The van der Waals surface area contributed by atoms with Gasteiger partial charge >= 0.3 is 0 Å². The van der Waals surface area contributed by atoms with Crippen molar-refractivity contribution in [3.63, 3.8) is 0 Å². The van der Waals surface area contributed by atoms with Gasteiger partial charge in [0.05, 0.1) is 12.8 Å². The molecule has 2 rings (SSSR count). The van der Waals surface area contributed by atoms with Gasteiger partial charge in [-0.1, -0.05) is 19.9 Å². The topological polar surface area (TPSA) is 24.5 Å². The van der Waals surface area contributed by atoms with Crippen molar-refractivity contribution in [1.29, 1.82) is 0 Å². The predicted octanol–water partition coefficient (Wildman–Crippen LogP) is 3.82. The third kappa shape index (κ3) is 4.37. The molecule has 0 aliphatic carbocycles. The minimum absolute atomic E-state index is 0.555. The summed E-state index contributed by atoms with van der Waals surface area (Å²) < 4.78 is 5.63. The maximum absolute atomic E-state index is 5.63. The highest BCUT2D eigenvalue weighted by atomic mass is 16.5. The van der Waals surface area contributed by atoms with Crippen molar-refractivity contribution < 1.29 is 4.74 Å². The zero-order valence-corrected chi connectivity index (χ0v) is 14.0. The predicted molar refractivity (Wildman–Crippen MR) is 90.2 cm³/mol. The maximum Gasteiger partial charge on any atom is 0.142 e. The molecule has 1 N–H and O–H groups in total. The van der Waals surface area contributed by atoms with Crippen LogP contribution >= 0.6 is 0 Å². The molecule has 1 unspecified atom stereocenters. The molecule has 1 aliphatic heterocycles. The van der Waals surface area contributed by atoms with E-state index in [1.54, 1.807) is 7.11 Å². The van der Waals surface area contributed by atoms with E-state index < -0.39 is 0 Å². The summed E-state index contributed by atoms with van der Waals surface area (Å²) in [5.74, 6) is 1.86. The molecule has 1 heterocycles. The molecule has 1 atom stereocenters. The summed E-state index contributed by atoms with van der Waals surface area (Å²) in [5.41, 5.74) is 2.54. The Morgan fingerprint density at radius 1 is 1.33 bits per heavy atom. The number of nitrogens with zero attached hydrogens (tertiary/aromatic N) is 1. The quantitative estimate of drug-likeness (QED) is 0.862. The number of piperidine rings is 1. The van der Waals surface area contributed by atoms with Gasteiger partial charge in [-0.05, 0) is 49.8 Å². The van der Waals surface area contributed by atoms with E-state index in [2.05, 4.69) is 49.2 Å². The van der Waals surface area contributed by atoms with Gasteiger partial charge < -0.3 is 15.0 Å². The van der Waals surface area contributed by atoms with Gasteiger partial charge in [-0.3, -0.25) is 0 Å². The first-order valence-electron chi connectivity index (χ1n) is 8.29. The van der Waals surface area contributed by atoms with Crippen molar-refractivity contribution in [2.45, 2.75) is 52.6 Å². The minimum Gasteiger partial charge on any atom is -0.495 e. The molecule has 1 aromatic carbocycles. The molecule has 0 radical (unpaired) electrons. The number of ether oxygens (including phenoxy) is 1. The molecule has 118 valence electrons. The standard InChI is InChI=1S/C18H30N2O/c1-5-15(3)19-13-16-6-7-17(18(12-16)21-4)20-10-8-14(2)9-11-20/h6-7,12,14-15,19H,5,8-11,13H2,1-4H3. The van der Waals surface area contributed by atoms with Crippen LogP contribution in [-0.2, 0) is 6.54 Å². The average molecular weight is 290 g/mol. The molecule has 3 heteroatoms. The van der Waals surface area contributed by atoms with E-state index in [0.717, 1.165) is 37.7 Å². The molecule has 0 saturated carbocycles. The monoisotopic (exact) mass is 290 g/mol. The molecule has 1 fully saturated rings. The third-order valence-electron chi connectivity index (χ3n) is 4.64. The van der Waals surface area contributed by atoms with Gasteiger partial charge in [0.2, 0.25) is 0 Å². The first kappa shape index (κ1) is 16.2. The number of anilines is 1. The molecule has 0 spiro atoms. The Morgan fingerprint density at radius 3 is 2.67 bits per heavy atom. The van der Waals surface area contributed by atoms with Crippen LogP contribution in [-0.4, -0.2) is 26.2 Å². The molecule has 0 bridgehead atoms. The van der Waals surface area contributed by atoms with Crippen molar-refractivity contribution in [2.75, 3.05) is 25.1 Å². The van der Waals surface area contributed by atoms with Gasteiger partial charge in [-0.2, -0.15) is 0 Å². The molecule has 3 nitrogen and oxygen atoms in total. The van der Waals surface area contributed by atoms with E-state index in [1.165, 1.54) is 24.1 Å². The lowest BCUT2D eigenvalue weighted by Gasteiger charge is -2.33. The first-order chi connectivity index (χ1) is 10.1. The Kier molecular flexibility index (Phi) is 5.92. The van der Waals surface area contributed by atoms with Crippen molar-refractivity contribution >= 4 is 5.69 Å². The van der Waals surface area contributed by atoms with Crippen LogP contribution in [0.1, 0.15) is 45.6 Å². The first-order valence-corrected chi connectivity index (χ1v) is 8.29. The molecule has 1 aliphatic rings. The number of hydrogen-bond donors (Lipinski definition) is 1. The second-order valence-corrected chi connectivity index (χ2v) is 6.37. The fraction of sp³-hybridized carbons (Fsp3) is 0.667. The van der Waals surface area contributed by atoms with Gasteiger partial charge in [0.25, 0.3) is 0 Å². The summed E-state index contributed by atoms with van der Waals surface area (Å²) in [6.45, 7) is 9.96. The lowest BCUT2D eigenvalue weighted by molar-refractivity contribution is 0.403. The maximum atomic E-state index is 5.63. The van der Waals surface area contributed by atoms with Gasteiger partial charge in [0.15, 0.2) is 0 Å². The number of hydrogen-bond acceptors (Lipinski definition) is 3. The largest absolute Gasteiger partial charge is 0.495 e. The zero-order valence-electron chi connectivity index (χ0n) is 14.0. The van der Waals surface area contributed by atoms with Crippen molar-refractivity contribution in [3.05, 3.63) is 23.8 Å². The summed E-state index contributed by atoms with van der Waals surface area (Å²) >= 11 is 0. The number of rotatable bonds is 6. The molecule has 21 heavy (non-hydrogen) atoms. The summed E-state index contributed by atoms with van der Waals surface area (Å²) in [6.07, 6.45) is 3.71. The van der Waals surface area contributed by atoms with E-state index in [4.69, 9.17) is 4.74 Å². The van der Waals surface area contributed by atoms with Gasteiger partial charge in [0, 0.05) is 25.7 Å². The number of methoxy groups -OCH3 is 1. The molecular weight excluding hydrogens is 260 g/mol. The third-order valence-corrected chi connectivity index (χ3v) is 4.64. The van der Waals surface area contributed by atoms with Crippen LogP contribution in [0.3, 0.4) is 0 Å². The van der Waals surface area contributed by atoms with Crippen LogP contribution in [0.2, 0.25) is 0 Å². The lowest BCUT2D eigenvalue weighted by Crippen LogP contribution is -2.33. The average Bonchev–Trinajstić information content (AvgIpc) is 2.53. The SMILES string of the molecule is CCC(C)NCc1ccc(N2CCC(C)CC2)c(OC)c1. The van der Waals surface area contributed by atoms with E-state index in [1.807, 2.05) is 0 Å². The van der Waals surface area contributed by atoms with Gasteiger partial charge in [0.1, 0.15) is 5.75 Å². The summed E-state index contributed by atoms with van der Waals surface area (Å²) in [4.78, 5) is 2.46. The van der Waals surface area contributed by atoms with E-state index in [0.29, 0.717) is 6.04 Å². The lowest BCUT2D eigenvalue weighted by atomic mass is 9.98. The summed E-state index contributed by atoms with van der Waals surface area (Å²) in [6, 6.07) is 7.19. The van der Waals surface area contributed by atoms with Crippen molar-refractivity contribution in [2.24, 2.45) is 5.92 Å². The zero-order chi connectivity index (χ0) is 15.2. The fourth-order valence-electron chi connectivity index (χ4n) is 2.78. The van der Waals surface area contributed by atoms with Crippen LogP contribution < -0.4 is 15.0 Å². The van der Waals surface area contributed by atoms with Crippen LogP contribution in [0.15, 0.2) is 18.2 Å². The highest BCUT2D eigenvalue weighted by Gasteiger charge is 2.19. The van der Waals surface area contributed by atoms with E-state index in [-0.39, 0.29) is 0 Å². The van der Waals surface area contributed by atoms with Crippen LogP contribution in [0.25, 0.3) is 0 Å². The molecule has 1 aromatic rings. The normalized spacial score (nSPS) is 17.8. The fourth-order valence-corrected chi connectivity index (χ4v) is 2.78. The van der Waals surface area contributed by atoms with Crippen molar-refractivity contribution in [3.8, 4) is 5.75 Å². The smallest absolute Gasteiger partial charge is 0.142 e. The Hall–Kier alpha value is -1.22. The van der Waals surface area contributed by atoms with E-state index in [9.17, 15) is 0 Å². The minimum atomic E-state index is 0.555. The van der Waals surface area contributed by atoms with Crippen LogP contribution in [0.5, 0.6) is 5.75 Å². The Morgan fingerprint density at radius 2 is 2.05 bits per heavy atom. The molecular formula is C18H30N2O. The van der Waals surface area contributed by atoms with Crippen LogP contribution in [0.4, 0.5) is 5.69 Å². The number of benzene rings is 1. The number of nitrogens with one attached hydrogen (secondary N) is 1.